The van der Waals surface area contributed by atoms with Gasteiger partial charge in [-0.1, -0.05) is 25.1 Å². The van der Waals surface area contributed by atoms with E-state index in [0.29, 0.717) is 5.25 Å². The molecule has 2 aliphatic rings. The molecule has 0 spiro atoms. The normalized spacial score (nSPS) is 31.8. The van der Waals surface area contributed by atoms with E-state index in [0.717, 1.165) is 18.6 Å². The van der Waals surface area contributed by atoms with Gasteiger partial charge in [-0.05, 0) is 48.1 Å². The Labute approximate surface area is 108 Å². The highest BCUT2D eigenvalue weighted by atomic mass is 32.2. The SMILES string of the molecule is CC1SCCC1(O)Cc1ccc2c(c1)CCC2. The Morgan fingerprint density at radius 1 is 1.35 bits per heavy atom. The predicted octanol–water partition coefficient (Wildman–Crippen LogP) is 2.97. The summed E-state index contributed by atoms with van der Waals surface area (Å²) in [7, 11) is 0. The van der Waals surface area contributed by atoms with Crippen LogP contribution >= 0.6 is 11.8 Å². The Hall–Kier alpha value is -0.470. The number of aryl methyl sites for hydroxylation is 2. The number of thioether (sulfide) groups is 1. The van der Waals surface area contributed by atoms with Gasteiger partial charge in [-0.2, -0.15) is 11.8 Å². The zero-order valence-electron chi connectivity index (χ0n) is 10.4. The standard InChI is InChI=1S/C15H20OS/c1-11-15(16,7-8-17-11)10-12-5-6-13-3-2-4-14(13)9-12/h5-6,9,11,16H,2-4,7-8,10H2,1H3. The van der Waals surface area contributed by atoms with Crippen molar-refractivity contribution in [1.82, 2.24) is 0 Å². The van der Waals surface area contributed by atoms with Gasteiger partial charge in [0.25, 0.3) is 0 Å². The number of aliphatic hydroxyl groups is 1. The lowest BCUT2D eigenvalue weighted by molar-refractivity contribution is 0.0464. The summed E-state index contributed by atoms with van der Waals surface area (Å²) in [5.74, 6) is 1.10. The number of hydrogen-bond acceptors (Lipinski definition) is 2. The molecule has 1 saturated heterocycles. The van der Waals surface area contributed by atoms with Crippen LogP contribution in [0.5, 0.6) is 0 Å². The van der Waals surface area contributed by atoms with Crippen LogP contribution in [-0.2, 0) is 19.3 Å². The van der Waals surface area contributed by atoms with Crippen LogP contribution in [0.3, 0.4) is 0 Å². The summed E-state index contributed by atoms with van der Waals surface area (Å²) in [6.45, 7) is 2.16. The third-order valence-electron chi connectivity index (χ3n) is 4.33. The summed E-state index contributed by atoms with van der Waals surface area (Å²) < 4.78 is 0. The zero-order chi connectivity index (χ0) is 11.9. The average Bonchev–Trinajstić information content (AvgIpc) is 2.87. The van der Waals surface area contributed by atoms with Gasteiger partial charge in [0.15, 0.2) is 0 Å². The van der Waals surface area contributed by atoms with Gasteiger partial charge >= 0.3 is 0 Å². The summed E-state index contributed by atoms with van der Waals surface area (Å²) >= 11 is 1.90. The fraction of sp³-hybridized carbons (Fsp3) is 0.600. The summed E-state index contributed by atoms with van der Waals surface area (Å²) in [6, 6.07) is 6.82. The molecule has 1 aromatic carbocycles. The molecular weight excluding hydrogens is 228 g/mol. The quantitative estimate of drug-likeness (QED) is 0.868. The second-order valence-electron chi connectivity index (χ2n) is 5.50. The number of fused-ring (bicyclic) bond motifs is 1. The molecule has 1 heterocycles. The van der Waals surface area contributed by atoms with Gasteiger partial charge in [0.2, 0.25) is 0 Å². The number of benzene rings is 1. The molecule has 2 atom stereocenters. The monoisotopic (exact) mass is 248 g/mol. The van der Waals surface area contributed by atoms with Crippen LogP contribution < -0.4 is 0 Å². The Kier molecular flexibility index (Phi) is 2.95. The van der Waals surface area contributed by atoms with Gasteiger partial charge in [-0.25, -0.2) is 0 Å². The van der Waals surface area contributed by atoms with Crippen molar-refractivity contribution in [3.8, 4) is 0 Å². The van der Waals surface area contributed by atoms with Crippen molar-refractivity contribution in [3.05, 3.63) is 34.9 Å². The lowest BCUT2D eigenvalue weighted by atomic mass is 9.88. The van der Waals surface area contributed by atoms with Crippen molar-refractivity contribution in [3.63, 3.8) is 0 Å². The highest BCUT2D eigenvalue weighted by Gasteiger charge is 2.38. The topological polar surface area (TPSA) is 20.2 Å². The van der Waals surface area contributed by atoms with Crippen LogP contribution in [0.2, 0.25) is 0 Å². The van der Waals surface area contributed by atoms with Crippen LogP contribution in [0.1, 0.15) is 36.5 Å². The van der Waals surface area contributed by atoms with Crippen LogP contribution in [-0.4, -0.2) is 21.7 Å². The van der Waals surface area contributed by atoms with Gasteiger partial charge in [0, 0.05) is 11.7 Å². The molecule has 1 N–H and O–H groups in total. The Balaban J connectivity index is 1.81. The first-order valence-corrected chi connectivity index (χ1v) is 7.67. The molecule has 1 aliphatic carbocycles. The van der Waals surface area contributed by atoms with Gasteiger partial charge in [0.1, 0.15) is 0 Å². The predicted molar refractivity (Wildman–Crippen MR) is 73.7 cm³/mol. The van der Waals surface area contributed by atoms with E-state index in [9.17, 15) is 5.11 Å². The van der Waals surface area contributed by atoms with Crippen LogP contribution in [0.25, 0.3) is 0 Å². The summed E-state index contributed by atoms with van der Waals surface area (Å²) in [5.41, 5.74) is 3.89. The minimum Gasteiger partial charge on any atom is -0.388 e. The van der Waals surface area contributed by atoms with Gasteiger partial charge < -0.3 is 5.11 Å². The van der Waals surface area contributed by atoms with E-state index in [4.69, 9.17) is 0 Å². The summed E-state index contributed by atoms with van der Waals surface area (Å²) in [5, 5.41) is 11.0. The van der Waals surface area contributed by atoms with E-state index in [1.165, 1.54) is 36.0 Å². The molecule has 0 radical (unpaired) electrons. The van der Waals surface area contributed by atoms with Crippen molar-refractivity contribution < 1.29 is 5.11 Å². The molecule has 1 fully saturated rings. The van der Waals surface area contributed by atoms with E-state index in [1.54, 1.807) is 0 Å². The molecule has 1 aromatic rings. The van der Waals surface area contributed by atoms with Crippen molar-refractivity contribution in [1.29, 1.82) is 0 Å². The Morgan fingerprint density at radius 2 is 2.18 bits per heavy atom. The molecule has 0 saturated carbocycles. The van der Waals surface area contributed by atoms with Crippen LogP contribution in [0.15, 0.2) is 18.2 Å². The van der Waals surface area contributed by atoms with Gasteiger partial charge in [-0.15, -0.1) is 0 Å². The molecule has 0 aromatic heterocycles. The summed E-state index contributed by atoms with van der Waals surface area (Å²) in [4.78, 5) is 0. The van der Waals surface area contributed by atoms with Gasteiger partial charge in [-0.3, -0.25) is 0 Å². The molecule has 92 valence electrons. The second-order valence-corrected chi connectivity index (χ2v) is 6.95. The molecule has 1 aliphatic heterocycles. The van der Waals surface area contributed by atoms with E-state index in [2.05, 4.69) is 25.1 Å². The van der Waals surface area contributed by atoms with E-state index < -0.39 is 5.60 Å². The number of rotatable bonds is 2. The smallest absolute Gasteiger partial charge is 0.0811 e. The highest BCUT2D eigenvalue weighted by molar-refractivity contribution is 8.00. The number of hydrogen-bond donors (Lipinski definition) is 1. The molecule has 0 bridgehead atoms. The first kappa shape index (κ1) is 11.6. The Morgan fingerprint density at radius 3 is 2.94 bits per heavy atom. The lowest BCUT2D eigenvalue weighted by Gasteiger charge is -2.27. The van der Waals surface area contributed by atoms with Crippen LogP contribution in [0, 0.1) is 0 Å². The van der Waals surface area contributed by atoms with Crippen molar-refractivity contribution in [2.45, 2.75) is 49.9 Å². The molecule has 17 heavy (non-hydrogen) atoms. The van der Waals surface area contributed by atoms with Crippen molar-refractivity contribution in [2.24, 2.45) is 0 Å². The summed E-state index contributed by atoms with van der Waals surface area (Å²) in [6.07, 6.45) is 5.54. The third kappa shape index (κ3) is 2.13. The third-order valence-corrected chi connectivity index (χ3v) is 5.71. The largest absolute Gasteiger partial charge is 0.388 e. The average molecular weight is 248 g/mol. The first-order valence-electron chi connectivity index (χ1n) is 6.62. The molecule has 3 rings (SSSR count). The molecule has 2 heteroatoms. The maximum Gasteiger partial charge on any atom is 0.0811 e. The van der Waals surface area contributed by atoms with Gasteiger partial charge in [0.05, 0.1) is 5.60 Å². The minimum absolute atomic E-state index is 0.371. The lowest BCUT2D eigenvalue weighted by Crippen LogP contribution is -2.36. The zero-order valence-corrected chi connectivity index (χ0v) is 11.2. The van der Waals surface area contributed by atoms with Crippen molar-refractivity contribution >= 4 is 11.8 Å². The Bertz CT molecular complexity index is 429. The fourth-order valence-corrected chi connectivity index (χ4v) is 4.43. The van der Waals surface area contributed by atoms with E-state index in [-0.39, 0.29) is 0 Å². The molecule has 0 amide bonds. The van der Waals surface area contributed by atoms with E-state index >= 15 is 0 Å². The van der Waals surface area contributed by atoms with Crippen molar-refractivity contribution in [2.75, 3.05) is 5.75 Å². The minimum atomic E-state index is -0.475. The van der Waals surface area contributed by atoms with Crippen LogP contribution in [0.4, 0.5) is 0 Å². The fourth-order valence-electron chi connectivity index (χ4n) is 3.09. The van der Waals surface area contributed by atoms with E-state index in [1.807, 2.05) is 11.8 Å². The maximum atomic E-state index is 10.6. The highest BCUT2D eigenvalue weighted by Crippen LogP contribution is 2.38. The molecule has 1 nitrogen and oxygen atoms in total. The first-order chi connectivity index (χ1) is 8.17. The second kappa shape index (κ2) is 4.33. The molecular formula is C15H20OS. The molecule has 2 unspecified atom stereocenters. The maximum absolute atomic E-state index is 10.6.